The molecule has 4 heteroatoms. The van der Waals surface area contributed by atoms with Crippen molar-refractivity contribution < 1.29 is 9.53 Å². The smallest absolute Gasteiger partial charge is 0.166 e. The van der Waals surface area contributed by atoms with E-state index in [1.54, 1.807) is 0 Å². The molecule has 17 heavy (non-hydrogen) atoms. The zero-order chi connectivity index (χ0) is 12.4. The highest BCUT2D eigenvalue weighted by atomic mass is 16.5. The minimum absolute atomic E-state index is 0.183. The highest BCUT2D eigenvalue weighted by Crippen LogP contribution is 2.24. The molecule has 1 aliphatic rings. The van der Waals surface area contributed by atoms with E-state index in [2.05, 4.69) is 5.10 Å². The van der Waals surface area contributed by atoms with Crippen molar-refractivity contribution in [3.8, 4) is 0 Å². The average molecular weight is 236 g/mol. The molecule has 2 rings (SSSR count). The van der Waals surface area contributed by atoms with Gasteiger partial charge in [0.05, 0.1) is 23.9 Å². The normalized spacial score (nSPS) is 20.5. The molecule has 0 amide bonds. The number of carbonyl (C=O) groups excluding carboxylic acids is 1. The van der Waals surface area contributed by atoms with Crippen molar-refractivity contribution >= 4 is 5.78 Å². The molecule has 0 spiro atoms. The number of ketones is 1. The number of rotatable bonds is 3. The third kappa shape index (κ3) is 2.27. The predicted molar refractivity (Wildman–Crippen MR) is 65.4 cm³/mol. The molecule has 0 aromatic carbocycles. The van der Waals surface area contributed by atoms with E-state index in [-0.39, 0.29) is 5.78 Å². The van der Waals surface area contributed by atoms with Crippen LogP contribution in [0.1, 0.15) is 54.0 Å². The molecule has 2 heterocycles. The lowest BCUT2D eigenvalue weighted by Crippen LogP contribution is -2.23. The Hall–Kier alpha value is -1.16. The first-order valence-electron chi connectivity index (χ1n) is 6.31. The van der Waals surface area contributed by atoms with Crippen molar-refractivity contribution in [3.63, 3.8) is 0 Å². The SMILES string of the molecule is CCC(=O)c1c(C)nn(C2CCCOC2)c1C. The van der Waals surface area contributed by atoms with E-state index in [1.807, 2.05) is 25.5 Å². The summed E-state index contributed by atoms with van der Waals surface area (Å²) in [5.74, 6) is 0.183. The van der Waals surface area contributed by atoms with Crippen LogP contribution in [0.4, 0.5) is 0 Å². The van der Waals surface area contributed by atoms with Crippen LogP contribution in [0.5, 0.6) is 0 Å². The second-order valence-corrected chi connectivity index (χ2v) is 4.64. The van der Waals surface area contributed by atoms with Crippen molar-refractivity contribution in [2.24, 2.45) is 0 Å². The number of nitrogens with zero attached hydrogens (tertiary/aromatic N) is 2. The summed E-state index contributed by atoms with van der Waals surface area (Å²) in [6.07, 6.45) is 2.69. The van der Waals surface area contributed by atoms with Gasteiger partial charge in [-0.25, -0.2) is 0 Å². The minimum Gasteiger partial charge on any atom is -0.379 e. The van der Waals surface area contributed by atoms with Gasteiger partial charge in [0.25, 0.3) is 0 Å². The molecule has 1 aliphatic heterocycles. The maximum absolute atomic E-state index is 11.9. The van der Waals surface area contributed by atoms with Crippen molar-refractivity contribution in [2.75, 3.05) is 13.2 Å². The number of carbonyl (C=O) groups is 1. The van der Waals surface area contributed by atoms with Gasteiger partial charge in [-0.1, -0.05) is 6.92 Å². The van der Waals surface area contributed by atoms with Crippen LogP contribution in [0, 0.1) is 13.8 Å². The second kappa shape index (κ2) is 5.00. The van der Waals surface area contributed by atoms with Gasteiger partial charge in [-0.15, -0.1) is 0 Å². The molecule has 1 fully saturated rings. The Balaban J connectivity index is 2.32. The van der Waals surface area contributed by atoms with E-state index in [0.29, 0.717) is 19.1 Å². The van der Waals surface area contributed by atoms with Gasteiger partial charge in [0.15, 0.2) is 5.78 Å². The Bertz CT molecular complexity index is 417. The summed E-state index contributed by atoms with van der Waals surface area (Å²) in [7, 11) is 0. The van der Waals surface area contributed by atoms with Gasteiger partial charge < -0.3 is 4.74 Å². The van der Waals surface area contributed by atoms with E-state index in [1.165, 1.54) is 0 Å². The van der Waals surface area contributed by atoms with Gasteiger partial charge >= 0.3 is 0 Å². The van der Waals surface area contributed by atoms with E-state index in [9.17, 15) is 4.79 Å². The van der Waals surface area contributed by atoms with Crippen LogP contribution in [0.2, 0.25) is 0 Å². The van der Waals surface area contributed by atoms with Crippen molar-refractivity contribution in [3.05, 3.63) is 17.0 Å². The number of aryl methyl sites for hydroxylation is 1. The molecule has 0 saturated carbocycles. The first kappa shape index (κ1) is 12.3. The number of hydrogen-bond acceptors (Lipinski definition) is 3. The topological polar surface area (TPSA) is 44.1 Å². The van der Waals surface area contributed by atoms with Crippen LogP contribution in [-0.2, 0) is 4.74 Å². The molecular weight excluding hydrogens is 216 g/mol. The zero-order valence-corrected chi connectivity index (χ0v) is 10.8. The Morgan fingerprint density at radius 1 is 1.53 bits per heavy atom. The fraction of sp³-hybridized carbons (Fsp3) is 0.692. The van der Waals surface area contributed by atoms with E-state index in [0.717, 1.165) is 36.4 Å². The third-order valence-corrected chi connectivity index (χ3v) is 3.41. The highest BCUT2D eigenvalue weighted by molar-refractivity contribution is 5.97. The minimum atomic E-state index is 0.183. The lowest BCUT2D eigenvalue weighted by Gasteiger charge is -2.23. The standard InChI is InChI=1S/C13H20N2O2/c1-4-12(16)13-9(2)14-15(10(13)3)11-6-5-7-17-8-11/h11H,4-8H2,1-3H3. The molecule has 0 N–H and O–H groups in total. The predicted octanol–water partition coefficient (Wildman–Crippen LogP) is 2.44. The summed E-state index contributed by atoms with van der Waals surface area (Å²) in [6.45, 7) is 7.34. The Labute approximate surface area is 102 Å². The molecular formula is C13H20N2O2. The summed E-state index contributed by atoms with van der Waals surface area (Å²) in [4.78, 5) is 11.9. The number of Topliss-reactive ketones (excluding diaryl/α,β-unsaturated/α-hetero) is 1. The fourth-order valence-corrected chi connectivity index (χ4v) is 2.52. The zero-order valence-electron chi connectivity index (χ0n) is 10.8. The summed E-state index contributed by atoms with van der Waals surface area (Å²) in [5.41, 5.74) is 2.64. The lowest BCUT2D eigenvalue weighted by atomic mass is 10.1. The molecule has 1 aromatic rings. The van der Waals surface area contributed by atoms with Gasteiger partial charge in [-0.05, 0) is 26.7 Å². The maximum atomic E-state index is 11.9. The largest absolute Gasteiger partial charge is 0.379 e. The van der Waals surface area contributed by atoms with E-state index >= 15 is 0 Å². The molecule has 1 aromatic heterocycles. The summed E-state index contributed by atoms with van der Waals surface area (Å²) < 4.78 is 7.47. The van der Waals surface area contributed by atoms with Gasteiger partial charge in [-0.3, -0.25) is 9.48 Å². The summed E-state index contributed by atoms with van der Waals surface area (Å²) in [6, 6.07) is 0.292. The van der Waals surface area contributed by atoms with Gasteiger partial charge in [-0.2, -0.15) is 5.10 Å². The molecule has 0 aliphatic carbocycles. The molecule has 1 atom stereocenters. The Morgan fingerprint density at radius 2 is 2.29 bits per heavy atom. The van der Waals surface area contributed by atoms with Crippen LogP contribution >= 0.6 is 0 Å². The van der Waals surface area contributed by atoms with E-state index in [4.69, 9.17) is 4.74 Å². The maximum Gasteiger partial charge on any atom is 0.166 e. The summed E-state index contributed by atoms with van der Waals surface area (Å²) >= 11 is 0. The number of aromatic nitrogens is 2. The number of hydrogen-bond donors (Lipinski definition) is 0. The van der Waals surface area contributed by atoms with E-state index < -0.39 is 0 Å². The first-order chi connectivity index (χ1) is 8.15. The Kier molecular flexibility index (Phi) is 3.62. The lowest BCUT2D eigenvalue weighted by molar-refractivity contribution is 0.0540. The monoisotopic (exact) mass is 236 g/mol. The second-order valence-electron chi connectivity index (χ2n) is 4.64. The molecule has 0 radical (unpaired) electrons. The molecule has 0 bridgehead atoms. The Morgan fingerprint density at radius 3 is 2.88 bits per heavy atom. The van der Waals surface area contributed by atoms with Gasteiger partial charge in [0, 0.05) is 18.7 Å². The van der Waals surface area contributed by atoms with Crippen molar-refractivity contribution in [1.82, 2.24) is 9.78 Å². The molecule has 1 saturated heterocycles. The quantitative estimate of drug-likeness (QED) is 0.757. The molecule has 1 unspecified atom stereocenters. The summed E-state index contributed by atoms with van der Waals surface area (Å²) in [5, 5.41) is 4.52. The van der Waals surface area contributed by atoms with Crippen LogP contribution < -0.4 is 0 Å². The van der Waals surface area contributed by atoms with Crippen LogP contribution in [0.3, 0.4) is 0 Å². The molecule has 4 nitrogen and oxygen atoms in total. The van der Waals surface area contributed by atoms with Gasteiger partial charge in [0.1, 0.15) is 0 Å². The molecule has 94 valence electrons. The van der Waals surface area contributed by atoms with Crippen LogP contribution in [0.25, 0.3) is 0 Å². The van der Waals surface area contributed by atoms with Crippen molar-refractivity contribution in [2.45, 2.75) is 46.1 Å². The third-order valence-electron chi connectivity index (χ3n) is 3.41. The average Bonchev–Trinajstić information content (AvgIpc) is 2.65. The first-order valence-corrected chi connectivity index (χ1v) is 6.31. The van der Waals surface area contributed by atoms with Gasteiger partial charge in [0.2, 0.25) is 0 Å². The number of ether oxygens (including phenoxy) is 1. The van der Waals surface area contributed by atoms with Crippen molar-refractivity contribution in [1.29, 1.82) is 0 Å². The van der Waals surface area contributed by atoms with Crippen LogP contribution in [0.15, 0.2) is 0 Å². The van der Waals surface area contributed by atoms with Crippen LogP contribution in [-0.4, -0.2) is 28.8 Å². The highest BCUT2D eigenvalue weighted by Gasteiger charge is 2.23. The fourth-order valence-electron chi connectivity index (χ4n) is 2.52.